The highest BCUT2D eigenvalue weighted by molar-refractivity contribution is 9.09. The van der Waals surface area contributed by atoms with Crippen LogP contribution in [0.5, 0.6) is 0 Å². The van der Waals surface area contributed by atoms with Crippen LogP contribution in [0, 0.1) is 5.41 Å². The van der Waals surface area contributed by atoms with Crippen molar-refractivity contribution in [3.05, 3.63) is 0 Å². The van der Waals surface area contributed by atoms with Crippen LogP contribution in [0.15, 0.2) is 0 Å². The van der Waals surface area contributed by atoms with Crippen LogP contribution in [-0.4, -0.2) is 101 Å². The van der Waals surface area contributed by atoms with Gasteiger partial charge in [0.1, 0.15) is 27.2 Å². The second-order valence-corrected chi connectivity index (χ2v) is 8.93. The maximum Gasteiger partial charge on any atom is 0.146 e. The predicted molar refractivity (Wildman–Crippen MR) is 125 cm³/mol. The molecule has 0 aliphatic rings. The van der Waals surface area contributed by atoms with E-state index in [4.69, 9.17) is 37.9 Å². The fourth-order valence-corrected chi connectivity index (χ4v) is 2.89. The van der Waals surface area contributed by atoms with Gasteiger partial charge in [-0.05, 0) is 0 Å². The van der Waals surface area contributed by atoms with Crippen LogP contribution in [0.1, 0.15) is 0 Å². The molecule has 0 rings (SSSR count). The van der Waals surface area contributed by atoms with Gasteiger partial charge < -0.3 is 37.9 Å². The van der Waals surface area contributed by atoms with Crippen LogP contribution in [0.2, 0.25) is 0 Å². The molecule has 0 atom stereocenters. The van der Waals surface area contributed by atoms with Gasteiger partial charge in [0.15, 0.2) is 0 Å². The average Bonchev–Trinajstić information content (AvgIpc) is 2.73. The van der Waals surface area contributed by atoms with Gasteiger partial charge in [-0.1, -0.05) is 63.7 Å². The number of rotatable bonds is 24. The van der Waals surface area contributed by atoms with Gasteiger partial charge in [-0.15, -0.1) is 0 Å². The molecule has 0 saturated carbocycles. The fraction of sp³-hybridized carbons (Fsp3) is 1.00. The quantitative estimate of drug-likeness (QED) is 0.0871. The van der Waals surface area contributed by atoms with Crippen molar-refractivity contribution in [3.63, 3.8) is 0 Å². The number of hydrogen-bond acceptors (Lipinski definition) is 8. The summed E-state index contributed by atoms with van der Waals surface area (Å²) < 4.78 is 44.3. The van der Waals surface area contributed by atoms with Gasteiger partial charge in [-0.25, -0.2) is 0 Å². The Balaban J connectivity index is 4.69. The summed E-state index contributed by atoms with van der Waals surface area (Å²) in [5.41, 5.74) is -0.564. The van der Waals surface area contributed by atoms with E-state index in [1.54, 1.807) is 0 Å². The molecule has 29 heavy (non-hydrogen) atoms. The molecule has 0 bridgehead atoms. The van der Waals surface area contributed by atoms with Gasteiger partial charge in [-0.2, -0.15) is 0 Å². The topological polar surface area (TPSA) is 73.8 Å². The molecule has 0 aliphatic heterocycles. The Bertz CT molecular complexity index is 270. The van der Waals surface area contributed by atoms with Gasteiger partial charge >= 0.3 is 0 Å². The smallest absolute Gasteiger partial charge is 0.146 e. The zero-order valence-corrected chi connectivity index (χ0v) is 22.9. The fourth-order valence-electron chi connectivity index (χ4n) is 1.97. The summed E-state index contributed by atoms with van der Waals surface area (Å²) in [5.74, 6) is 0. The molecule has 0 N–H and O–H groups in total. The van der Waals surface area contributed by atoms with Crippen LogP contribution >= 0.6 is 63.7 Å². The van der Waals surface area contributed by atoms with Crippen molar-refractivity contribution < 1.29 is 37.9 Å². The molecule has 0 amide bonds. The van der Waals surface area contributed by atoms with Gasteiger partial charge in [0.25, 0.3) is 0 Å². The molecule has 0 aromatic carbocycles. The molecule has 0 aliphatic carbocycles. The Labute approximate surface area is 207 Å². The van der Waals surface area contributed by atoms with Gasteiger partial charge in [0.05, 0.1) is 58.3 Å². The molecular weight excluding hydrogens is 652 g/mol. The van der Waals surface area contributed by atoms with E-state index in [9.17, 15) is 0 Å². The second kappa shape index (κ2) is 24.2. The van der Waals surface area contributed by atoms with Gasteiger partial charge in [0, 0.05) is 21.3 Å². The number of hydrogen-bond donors (Lipinski definition) is 0. The highest BCUT2D eigenvalue weighted by atomic mass is 79.9. The van der Waals surface area contributed by atoms with Crippen molar-refractivity contribution in [2.75, 3.05) is 101 Å². The minimum atomic E-state index is -0.564. The standard InChI is InChI=1S/C17H32Br4O8/c18-1-5-22-13-26-9-17(10-27-14-23-6-2-19,11-28-15-24-7-3-20)12-29-16-25-8-4-21/h1-16H2. The lowest BCUT2D eigenvalue weighted by Gasteiger charge is -2.32. The molecule has 0 saturated heterocycles. The summed E-state index contributed by atoms with van der Waals surface area (Å²) in [7, 11) is 0. The predicted octanol–water partition coefficient (Wildman–Crippen LogP) is 3.52. The highest BCUT2D eigenvalue weighted by Gasteiger charge is 2.33. The van der Waals surface area contributed by atoms with Crippen molar-refractivity contribution in [2.45, 2.75) is 0 Å². The maximum atomic E-state index is 5.71. The Morgan fingerprint density at radius 1 is 0.379 bits per heavy atom. The summed E-state index contributed by atoms with van der Waals surface area (Å²) >= 11 is 13.3. The van der Waals surface area contributed by atoms with Crippen LogP contribution in [0.4, 0.5) is 0 Å². The minimum Gasteiger partial charge on any atom is -0.355 e. The molecule has 0 radical (unpaired) electrons. The first-order valence-electron chi connectivity index (χ1n) is 9.10. The number of halogens is 4. The molecule has 0 aromatic heterocycles. The van der Waals surface area contributed by atoms with Crippen molar-refractivity contribution >= 4 is 63.7 Å². The molecule has 12 heteroatoms. The first-order chi connectivity index (χ1) is 14.2. The molecule has 176 valence electrons. The van der Waals surface area contributed by atoms with Gasteiger partial charge in [-0.3, -0.25) is 0 Å². The molecule has 0 aromatic rings. The lowest BCUT2D eigenvalue weighted by molar-refractivity contribution is -0.181. The molecule has 0 spiro atoms. The maximum absolute atomic E-state index is 5.71. The van der Waals surface area contributed by atoms with E-state index in [-0.39, 0.29) is 27.2 Å². The van der Waals surface area contributed by atoms with Crippen LogP contribution in [0.3, 0.4) is 0 Å². The van der Waals surface area contributed by atoms with Crippen LogP contribution < -0.4 is 0 Å². The molecule has 0 heterocycles. The molecule has 0 unspecified atom stereocenters. The average molecular weight is 684 g/mol. The molecular formula is C17H32Br4O8. The van der Waals surface area contributed by atoms with E-state index in [1.165, 1.54) is 0 Å². The number of ether oxygens (including phenoxy) is 8. The third-order valence-corrected chi connectivity index (χ3v) is 4.48. The third kappa shape index (κ3) is 20.0. The molecule has 8 nitrogen and oxygen atoms in total. The van der Waals surface area contributed by atoms with Gasteiger partial charge in [0.2, 0.25) is 0 Å². The first-order valence-corrected chi connectivity index (χ1v) is 13.6. The minimum absolute atomic E-state index is 0.174. The Morgan fingerprint density at radius 2 is 0.621 bits per heavy atom. The zero-order chi connectivity index (χ0) is 21.5. The van der Waals surface area contributed by atoms with Crippen LogP contribution in [0.25, 0.3) is 0 Å². The summed E-state index contributed by atoms with van der Waals surface area (Å²) in [6.07, 6.45) is 0. The van der Waals surface area contributed by atoms with E-state index < -0.39 is 5.41 Å². The Hall–Kier alpha value is 1.60. The second-order valence-electron chi connectivity index (χ2n) is 5.75. The van der Waals surface area contributed by atoms with Crippen molar-refractivity contribution in [3.8, 4) is 0 Å². The van der Waals surface area contributed by atoms with E-state index in [0.29, 0.717) is 52.9 Å². The number of alkyl halides is 4. The van der Waals surface area contributed by atoms with E-state index in [1.807, 2.05) is 0 Å². The lowest BCUT2D eigenvalue weighted by atomic mass is 9.92. The van der Waals surface area contributed by atoms with E-state index >= 15 is 0 Å². The van der Waals surface area contributed by atoms with Crippen molar-refractivity contribution in [2.24, 2.45) is 5.41 Å². The summed E-state index contributed by atoms with van der Waals surface area (Å²) in [4.78, 5) is 0. The van der Waals surface area contributed by atoms with Crippen LogP contribution in [-0.2, 0) is 37.9 Å². The molecule has 0 fully saturated rings. The largest absolute Gasteiger partial charge is 0.355 e. The normalized spacial score (nSPS) is 12.0. The Morgan fingerprint density at radius 3 is 0.828 bits per heavy atom. The lowest BCUT2D eigenvalue weighted by Crippen LogP contribution is -2.42. The summed E-state index contributed by atoms with van der Waals surface area (Å²) in [6, 6.07) is 0. The summed E-state index contributed by atoms with van der Waals surface area (Å²) in [5, 5.41) is 2.99. The highest BCUT2D eigenvalue weighted by Crippen LogP contribution is 2.21. The third-order valence-electron chi connectivity index (χ3n) is 3.19. The first kappa shape index (κ1) is 30.6. The van der Waals surface area contributed by atoms with Crippen molar-refractivity contribution in [1.29, 1.82) is 0 Å². The SMILES string of the molecule is BrCCOCOCC(COCOCCBr)(COCOCCBr)COCOCCBr. The zero-order valence-electron chi connectivity index (χ0n) is 16.6. The van der Waals surface area contributed by atoms with E-state index in [2.05, 4.69) is 63.7 Å². The summed E-state index contributed by atoms with van der Waals surface area (Å²) in [6.45, 7) is 4.26. The van der Waals surface area contributed by atoms with Crippen molar-refractivity contribution in [1.82, 2.24) is 0 Å². The monoisotopic (exact) mass is 680 g/mol. The Kier molecular flexibility index (Phi) is 25.6. The van der Waals surface area contributed by atoms with E-state index in [0.717, 1.165) is 21.3 Å².